The molecule has 0 N–H and O–H groups in total. The molecular weight excluding hydrogens is 1880 g/mol. The molecule has 2 aliphatic rings. The number of unbranched alkanes of at least 4 members (excludes halogenated alkanes) is 9. The van der Waals surface area contributed by atoms with E-state index in [4.69, 9.17) is 0 Å². The molecule has 0 spiro atoms. The van der Waals surface area contributed by atoms with Crippen molar-refractivity contribution in [3.63, 3.8) is 0 Å². The SMILES string of the molecule is C=CCN1C(=O)c2sc3c(-c4cc5c(-c6ccc(CC(CC)CCCC)s6)c6sc(C(C)(C)c7sc(-c8cc9c(-c%10ccc(CC(CC)CCCC)s%10)c%10sc(C(C)(C)c%11ccccc%11)cc%10c(-c%10ccc(CC(CC)CCCC)s%10)c9s8)c8sc9c(c78)C(=O)N(CCCCCCCC)C9=O)cc6c(-c6ccc(CC(CC)CCCC)s6)c5s4)sc(C(C)(CC)c4ccccc4)c3c2C1=O. The number of rotatable bonds is 46. The predicted octanol–water partition coefficient (Wildman–Crippen LogP) is 39.5. The fourth-order valence-corrected chi connectivity index (χ4v) is 37.7. The van der Waals surface area contributed by atoms with E-state index in [1.807, 2.05) is 113 Å². The number of carbonyl (C=O) groups is 4. The first kappa shape index (κ1) is 98.1. The molecule has 4 amide bonds. The molecule has 14 heterocycles. The molecule has 4 aromatic carbocycles. The summed E-state index contributed by atoms with van der Waals surface area (Å²) in [6.45, 7) is 39.9. The van der Waals surface area contributed by atoms with Crippen LogP contribution in [0.15, 0.2) is 146 Å². The van der Waals surface area contributed by atoms with Crippen LogP contribution in [0.2, 0.25) is 0 Å². The second kappa shape index (κ2) is 42.0. The first-order chi connectivity index (χ1) is 65.5. The van der Waals surface area contributed by atoms with Gasteiger partial charge in [-0.2, -0.15) is 0 Å². The summed E-state index contributed by atoms with van der Waals surface area (Å²) < 4.78 is 7.17. The minimum atomic E-state index is -0.718. The van der Waals surface area contributed by atoms with Crippen LogP contribution in [0.25, 0.3) is 122 Å². The zero-order chi connectivity index (χ0) is 94.5. The summed E-state index contributed by atoms with van der Waals surface area (Å²) >= 11 is 22.5. The molecule has 2 aliphatic heterocycles. The van der Waals surface area contributed by atoms with Crippen molar-refractivity contribution < 1.29 is 19.2 Å². The van der Waals surface area contributed by atoms with Gasteiger partial charge in [0.1, 0.15) is 9.75 Å². The number of hydrogen-bond acceptors (Lipinski definition) is 16. The Kier molecular flexibility index (Phi) is 30.5. The Balaban J connectivity index is 0.891. The number of benzene rings is 4. The van der Waals surface area contributed by atoms with Crippen molar-refractivity contribution in [1.29, 1.82) is 0 Å². The fraction of sp³-hybridized carbons (Fsp3) is 0.436. The zero-order valence-electron chi connectivity index (χ0n) is 81.7. The minimum absolute atomic E-state index is 0.148. The monoisotopic (exact) mass is 2010 g/mol. The Hall–Kier alpha value is -7.14. The van der Waals surface area contributed by atoms with Gasteiger partial charge >= 0.3 is 0 Å². The van der Waals surface area contributed by atoms with Crippen LogP contribution in [-0.4, -0.2) is 46.5 Å². The summed E-state index contributed by atoms with van der Waals surface area (Å²) in [5, 5.41) is 6.91. The lowest BCUT2D eigenvalue weighted by molar-refractivity contribution is 0.0645. The van der Waals surface area contributed by atoms with Gasteiger partial charge in [0, 0.05) is 171 Å². The summed E-state index contributed by atoms with van der Waals surface area (Å²) in [7, 11) is 0. The van der Waals surface area contributed by atoms with Gasteiger partial charge in [-0.25, -0.2) is 0 Å². The molecule has 135 heavy (non-hydrogen) atoms. The highest BCUT2D eigenvalue weighted by Crippen LogP contribution is 2.64. The molecule has 0 saturated carbocycles. The van der Waals surface area contributed by atoms with Crippen molar-refractivity contribution in [3.8, 4) is 61.3 Å². The Morgan fingerprint density at radius 3 is 1.07 bits per heavy atom. The highest BCUT2D eigenvalue weighted by molar-refractivity contribution is 7.34. The quantitative estimate of drug-likeness (QED) is 0.0216. The van der Waals surface area contributed by atoms with Crippen molar-refractivity contribution in [3.05, 3.63) is 217 Å². The number of hydrogen-bond donors (Lipinski definition) is 0. The van der Waals surface area contributed by atoms with Crippen LogP contribution in [0.1, 0.15) is 342 Å². The maximum atomic E-state index is 16.2. The van der Waals surface area contributed by atoms with Crippen LogP contribution in [-0.2, 0) is 41.9 Å². The van der Waals surface area contributed by atoms with Crippen LogP contribution in [0.3, 0.4) is 0 Å². The van der Waals surface area contributed by atoms with Gasteiger partial charge in [0.05, 0.1) is 30.3 Å². The van der Waals surface area contributed by atoms with Crippen LogP contribution in [0, 0.1) is 23.7 Å². The standard InChI is InChI=1S/C117H132N2O4S12/c1-17-28-33-34-35-42-60-119-112(121)97-95-105(132-107(97)114(119)123)103(87-65-79-91(83-55-51-75(124-83)61-69(23-7)43-29-18-2)101-81(67-89(130-101)115(12,13)73-47-38-36-39-48-73)93(99(79)128-87)85-57-53-77(126-85)63-71(25-9)45-31-20-4)134-109(95)116(14,15)90-68-82-94(86-58-54-78(127-86)64-72(26-10)46-32-21-5)100-80(92(102(82)131-90)84-56-52-76(125-84)62-70(24-8)44-30-19-3)66-88(129-100)104-106-96(98-108(133-106)113(122)118(59-22-6)111(98)120)110(135-104)117(16,27-11)74-49-40-37-41-50-74/h22,36-41,47-58,65-72H,6,17-21,23-35,42-46,59-64H2,1-5,7-16H3. The Bertz CT molecular complexity index is 6790. The van der Waals surface area contributed by atoms with Crippen LogP contribution >= 0.6 is 136 Å². The van der Waals surface area contributed by atoms with E-state index in [-0.39, 0.29) is 35.6 Å². The van der Waals surface area contributed by atoms with Gasteiger partial charge in [-0.3, -0.25) is 29.0 Å². The van der Waals surface area contributed by atoms with E-state index in [9.17, 15) is 4.79 Å². The molecule has 0 radical (unpaired) electrons. The molecule has 0 bridgehead atoms. The zero-order valence-corrected chi connectivity index (χ0v) is 91.5. The molecule has 6 nitrogen and oxygen atoms in total. The van der Waals surface area contributed by atoms with Crippen molar-refractivity contribution in [1.82, 2.24) is 9.80 Å². The van der Waals surface area contributed by atoms with Gasteiger partial charge < -0.3 is 0 Å². The summed E-state index contributed by atoms with van der Waals surface area (Å²) in [5.74, 6) is 1.63. The molecular formula is C117H132N2O4S12. The molecule has 5 unspecified atom stereocenters. The third-order valence-corrected chi connectivity index (χ3v) is 45.7. The lowest BCUT2D eigenvalue weighted by atomic mass is 9.77. The normalized spacial score (nSPS) is 14.7. The molecule has 5 atom stereocenters. The highest BCUT2D eigenvalue weighted by atomic mass is 32.1. The van der Waals surface area contributed by atoms with Crippen LogP contribution < -0.4 is 0 Å². The van der Waals surface area contributed by atoms with E-state index in [0.717, 1.165) is 134 Å². The average molecular weight is 2020 g/mol. The van der Waals surface area contributed by atoms with E-state index in [1.165, 1.54) is 227 Å². The second-order valence-corrected chi connectivity index (χ2v) is 52.7. The number of amides is 4. The van der Waals surface area contributed by atoms with E-state index in [2.05, 4.69) is 244 Å². The number of carbonyl (C=O) groups excluding carboxylic acids is 4. The maximum Gasteiger partial charge on any atom is 0.271 e. The topological polar surface area (TPSA) is 74.8 Å². The van der Waals surface area contributed by atoms with Crippen molar-refractivity contribution in [2.45, 2.75) is 293 Å². The molecule has 0 saturated heterocycles. The highest BCUT2D eigenvalue weighted by Gasteiger charge is 2.47. The molecule has 0 fully saturated rings. The third-order valence-electron chi connectivity index (χ3n) is 30.0. The molecule has 0 aliphatic carbocycles. The van der Waals surface area contributed by atoms with Crippen molar-refractivity contribution >= 4 is 220 Å². The smallest absolute Gasteiger partial charge is 0.271 e. The van der Waals surface area contributed by atoms with Crippen LogP contribution in [0.4, 0.5) is 0 Å². The number of fused-ring (bicyclic) bond motifs is 10. The Morgan fingerprint density at radius 1 is 0.319 bits per heavy atom. The van der Waals surface area contributed by atoms with Gasteiger partial charge in [0.15, 0.2) is 0 Å². The van der Waals surface area contributed by atoms with Gasteiger partial charge in [-0.05, 0) is 146 Å². The Labute approximate surface area is 849 Å². The summed E-state index contributed by atoms with van der Waals surface area (Å²) in [6.07, 6.45) is 32.2. The lowest BCUT2D eigenvalue weighted by Crippen LogP contribution is -2.30. The van der Waals surface area contributed by atoms with Gasteiger partial charge in [0.25, 0.3) is 23.6 Å². The van der Waals surface area contributed by atoms with E-state index >= 15 is 14.4 Å². The second-order valence-electron chi connectivity index (χ2n) is 39.7. The Morgan fingerprint density at radius 2 is 0.674 bits per heavy atom. The summed E-state index contributed by atoms with van der Waals surface area (Å²) in [6, 6.07) is 51.8. The largest absolute Gasteiger partial charge is 0.274 e. The first-order valence-corrected chi connectivity index (χ1v) is 60.4. The summed E-state index contributed by atoms with van der Waals surface area (Å²) in [5.41, 5.74) is 7.27. The van der Waals surface area contributed by atoms with E-state index < -0.39 is 10.8 Å². The predicted molar refractivity (Wildman–Crippen MR) is 601 cm³/mol. The molecule has 18 heteroatoms. The van der Waals surface area contributed by atoms with Gasteiger partial charge in [-0.15, -0.1) is 143 Å². The number of imide groups is 2. The lowest BCUT2D eigenvalue weighted by Gasteiger charge is -2.28. The number of thiophene rings is 12. The molecule has 16 aromatic rings. The summed E-state index contributed by atoms with van der Waals surface area (Å²) in [4.78, 5) is 86.2. The fourth-order valence-electron chi connectivity index (χ4n) is 21.3. The molecule has 18 rings (SSSR count). The first-order valence-electron chi connectivity index (χ1n) is 50.6. The minimum Gasteiger partial charge on any atom is -0.274 e. The maximum absolute atomic E-state index is 16.2. The number of nitrogens with zero attached hydrogens (tertiary/aromatic N) is 2. The van der Waals surface area contributed by atoms with Gasteiger partial charge in [0.2, 0.25) is 0 Å². The van der Waals surface area contributed by atoms with Crippen LogP contribution in [0.5, 0.6) is 0 Å². The molecule has 12 aromatic heterocycles. The van der Waals surface area contributed by atoms with E-state index in [1.54, 1.807) is 22.3 Å². The molecule has 706 valence electrons. The van der Waals surface area contributed by atoms with Gasteiger partial charge in [-0.1, -0.05) is 305 Å². The average Bonchev–Trinajstić information content (AvgIpc) is 1.53. The van der Waals surface area contributed by atoms with Crippen molar-refractivity contribution in [2.24, 2.45) is 23.7 Å². The van der Waals surface area contributed by atoms with E-state index in [0.29, 0.717) is 51.1 Å². The third kappa shape index (κ3) is 18.5. The van der Waals surface area contributed by atoms with Crippen molar-refractivity contribution in [2.75, 3.05) is 13.1 Å².